The number of hydrogen-bond acceptors (Lipinski definition) is 3. The topological polar surface area (TPSA) is 35.5 Å². The molecule has 0 aromatic carbocycles. The van der Waals surface area contributed by atoms with Crippen molar-refractivity contribution in [3.05, 3.63) is 24.5 Å². The van der Waals surface area contributed by atoms with E-state index in [1.165, 1.54) is 12.1 Å². The number of ketones is 1. The molecule has 1 saturated heterocycles. The monoisotopic (exact) mass is 441 g/mol. The summed E-state index contributed by atoms with van der Waals surface area (Å²) in [6, 6.07) is 3.79. The highest BCUT2D eigenvalue weighted by Crippen LogP contribution is 2.57. The molecule has 2 unspecified atom stereocenters. The second-order valence-electron chi connectivity index (χ2n) is 10.5. The fraction of sp³-hybridized carbons (Fsp3) is 0.750. The first-order valence-electron chi connectivity index (χ1n) is 10.0. The Morgan fingerprint density at radius 2 is 1.74 bits per heavy atom. The van der Waals surface area contributed by atoms with E-state index in [9.17, 15) is 4.79 Å². The van der Waals surface area contributed by atoms with Gasteiger partial charge in [0.1, 0.15) is 5.76 Å². The molecule has 0 bridgehead atoms. The van der Waals surface area contributed by atoms with Crippen LogP contribution in [0.4, 0.5) is 0 Å². The molecule has 1 radical (unpaired) electrons. The number of allylic oxidation sites excluding steroid dienone is 1. The fourth-order valence-corrected chi connectivity index (χ4v) is 24.0. The van der Waals surface area contributed by atoms with E-state index in [-0.39, 0.29) is 25.6 Å². The maximum atomic E-state index is 12.1. The molecule has 0 aromatic rings. The summed E-state index contributed by atoms with van der Waals surface area (Å²) in [6.07, 6.45) is 0. The molecular weight excluding hydrogens is 401 g/mol. The van der Waals surface area contributed by atoms with Gasteiger partial charge in [-0.25, -0.2) is 0 Å². The van der Waals surface area contributed by atoms with Gasteiger partial charge in [0.2, 0.25) is 5.78 Å². The first-order chi connectivity index (χ1) is 12.0. The third kappa shape index (κ3) is 6.13. The molecule has 0 N–H and O–H groups in total. The highest BCUT2D eigenvalue weighted by molar-refractivity contribution is 7.02. The molecule has 0 saturated carbocycles. The van der Waals surface area contributed by atoms with Crippen molar-refractivity contribution in [2.45, 2.75) is 95.1 Å². The van der Waals surface area contributed by atoms with Crippen LogP contribution >= 0.6 is 0 Å². The van der Waals surface area contributed by atoms with Crippen LogP contribution in [0.15, 0.2) is 24.5 Å². The lowest BCUT2D eigenvalue weighted by atomic mass is 10.2. The van der Waals surface area contributed by atoms with Gasteiger partial charge in [-0.2, -0.15) is 0 Å². The minimum absolute atomic E-state index is 0.0392. The number of rotatable bonds is 11. The minimum Gasteiger partial charge on any atom is -0.541 e. The molecule has 0 aromatic heterocycles. The summed E-state index contributed by atoms with van der Waals surface area (Å²) in [6.45, 7) is 30.6. The summed E-state index contributed by atoms with van der Waals surface area (Å²) in [4.78, 5) is 12.1. The van der Waals surface area contributed by atoms with Crippen molar-refractivity contribution in [2.75, 3.05) is 0 Å². The number of carbonyl (C=O) groups is 1. The molecule has 1 aliphatic heterocycles. The van der Waals surface area contributed by atoms with Gasteiger partial charge in [0.05, 0.1) is 8.07 Å². The molecule has 1 heterocycles. The summed E-state index contributed by atoms with van der Waals surface area (Å²) in [5.74, 6) is 0.124. The van der Waals surface area contributed by atoms with E-state index in [0.717, 1.165) is 6.04 Å². The minimum atomic E-state index is -1.94. The zero-order valence-electron chi connectivity index (χ0n) is 19.3. The Hall–Kier alpha value is -0.222. The Labute approximate surface area is 172 Å². The first-order valence-corrected chi connectivity index (χ1v) is 21.6. The van der Waals surface area contributed by atoms with Gasteiger partial charge in [0.15, 0.2) is 8.32 Å². The van der Waals surface area contributed by atoms with Crippen molar-refractivity contribution in [1.29, 1.82) is 0 Å². The van der Waals surface area contributed by atoms with Crippen LogP contribution in [0.5, 0.6) is 0 Å². The van der Waals surface area contributed by atoms with E-state index in [1.54, 1.807) is 6.92 Å². The van der Waals surface area contributed by atoms with Gasteiger partial charge in [-0.3, -0.25) is 4.79 Å². The van der Waals surface area contributed by atoms with Crippen LogP contribution in [0, 0.1) is 0 Å². The zero-order chi connectivity index (χ0) is 21.4. The van der Waals surface area contributed by atoms with Crippen LogP contribution in [-0.4, -0.2) is 44.5 Å². The highest BCUT2D eigenvalue weighted by Gasteiger charge is 2.66. The second-order valence-corrected chi connectivity index (χ2v) is 27.5. The van der Waals surface area contributed by atoms with Crippen LogP contribution in [-0.2, 0) is 13.6 Å². The number of hydrogen-bond donors (Lipinski definition) is 0. The molecule has 27 heavy (non-hydrogen) atoms. The van der Waals surface area contributed by atoms with Gasteiger partial charge >= 0.3 is 0 Å². The summed E-state index contributed by atoms with van der Waals surface area (Å²) < 4.78 is 13.1. The van der Waals surface area contributed by atoms with Crippen LogP contribution in [0.3, 0.4) is 0 Å². The third-order valence-corrected chi connectivity index (χ3v) is 23.6. The standard InChI is InChI=1S/C20H41O3Si4/c1-16(2)19(21)17(3)22-27(12)15-18(27)26(10,11)23-20(4,5)25(8,9)14-13-24(6)7/h18H,1,3,13-15H2,2,4-12H3. The Balaban J connectivity index is 2.82. The average Bonchev–Trinajstić information content (AvgIpc) is 3.15. The van der Waals surface area contributed by atoms with Crippen molar-refractivity contribution >= 4 is 39.3 Å². The predicted octanol–water partition coefficient (Wildman–Crippen LogP) is 6.16. The van der Waals surface area contributed by atoms with Crippen molar-refractivity contribution in [3.63, 3.8) is 0 Å². The van der Waals surface area contributed by atoms with Gasteiger partial charge < -0.3 is 8.85 Å². The molecular formula is C20H41O3Si4. The molecule has 1 aliphatic rings. The second kappa shape index (κ2) is 8.26. The van der Waals surface area contributed by atoms with Crippen molar-refractivity contribution < 1.29 is 13.6 Å². The molecule has 3 nitrogen and oxygen atoms in total. The summed E-state index contributed by atoms with van der Waals surface area (Å²) in [5, 5.41) is 0.475. The summed E-state index contributed by atoms with van der Waals surface area (Å²) in [7, 11) is -5.57. The van der Waals surface area contributed by atoms with Gasteiger partial charge in [-0.15, -0.1) is 0 Å². The molecule has 1 rings (SSSR count). The molecule has 0 amide bonds. The zero-order valence-corrected chi connectivity index (χ0v) is 23.3. The summed E-state index contributed by atoms with van der Waals surface area (Å²) >= 11 is 0. The molecule has 0 spiro atoms. The van der Waals surface area contributed by atoms with E-state index in [4.69, 9.17) is 8.85 Å². The van der Waals surface area contributed by atoms with E-state index in [1.807, 2.05) is 0 Å². The van der Waals surface area contributed by atoms with Crippen LogP contribution < -0.4 is 0 Å². The smallest absolute Gasteiger partial charge is 0.250 e. The highest BCUT2D eigenvalue weighted by atomic mass is 28.4. The van der Waals surface area contributed by atoms with Gasteiger partial charge in [0, 0.05) is 19.2 Å². The molecule has 2 atom stereocenters. The Morgan fingerprint density at radius 1 is 1.22 bits per heavy atom. The Kier molecular flexibility index (Phi) is 7.59. The van der Waals surface area contributed by atoms with E-state index < -0.39 is 24.7 Å². The van der Waals surface area contributed by atoms with Gasteiger partial charge in [-0.1, -0.05) is 51.4 Å². The molecule has 155 valence electrons. The van der Waals surface area contributed by atoms with Gasteiger partial charge in [0.25, 0.3) is 8.32 Å². The first kappa shape index (κ1) is 24.8. The maximum absolute atomic E-state index is 12.1. The third-order valence-electron chi connectivity index (χ3n) is 6.42. The predicted molar refractivity (Wildman–Crippen MR) is 127 cm³/mol. The summed E-state index contributed by atoms with van der Waals surface area (Å²) in [5.41, 5.74) is 0.490. The molecule has 1 fully saturated rings. The van der Waals surface area contributed by atoms with Crippen LogP contribution in [0.2, 0.25) is 69.1 Å². The average molecular weight is 442 g/mol. The maximum Gasteiger partial charge on any atom is 0.250 e. The number of carbonyl (C=O) groups excluding carboxylic acids is 1. The lowest BCUT2D eigenvalue weighted by Crippen LogP contribution is -2.57. The van der Waals surface area contributed by atoms with Crippen LogP contribution in [0.25, 0.3) is 0 Å². The van der Waals surface area contributed by atoms with Crippen molar-refractivity contribution in [3.8, 4) is 0 Å². The van der Waals surface area contributed by atoms with Crippen molar-refractivity contribution in [1.82, 2.24) is 0 Å². The lowest BCUT2D eigenvalue weighted by molar-refractivity contribution is -0.114. The fourth-order valence-electron chi connectivity index (χ4n) is 3.74. The van der Waals surface area contributed by atoms with E-state index >= 15 is 0 Å². The van der Waals surface area contributed by atoms with E-state index in [2.05, 4.69) is 72.8 Å². The van der Waals surface area contributed by atoms with E-state index in [0.29, 0.717) is 10.7 Å². The molecule has 0 aliphatic carbocycles. The normalized spacial score (nSPS) is 23.3. The quantitative estimate of drug-likeness (QED) is 0.219. The SMILES string of the molecule is C=C(C)C(=O)C(=C)O[Si]1(C)CC1[Si](C)(C)OC(C)(C)[Si](C)(C)CC[Si](C)C. The Bertz CT molecular complexity index is 610. The Morgan fingerprint density at radius 3 is 2.19 bits per heavy atom. The molecule has 7 heteroatoms. The van der Waals surface area contributed by atoms with Crippen molar-refractivity contribution in [2.24, 2.45) is 0 Å². The number of Topliss-reactive ketones (excluding diaryl/α,β-unsaturated/α-hetero) is 1. The van der Waals surface area contributed by atoms with Crippen LogP contribution in [0.1, 0.15) is 20.8 Å². The lowest BCUT2D eigenvalue weighted by Gasteiger charge is -2.45. The van der Waals surface area contributed by atoms with Gasteiger partial charge in [-0.05, 0) is 52.0 Å². The largest absolute Gasteiger partial charge is 0.541 e.